The molecule has 2 saturated heterocycles. The summed E-state index contributed by atoms with van der Waals surface area (Å²) >= 11 is 1.42. The zero-order valence-corrected chi connectivity index (χ0v) is 14.9. The molecule has 0 spiro atoms. The normalized spacial score (nSPS) is 27.4. The molecule has 124 valence electrons. The lowest BCUT2D eigenvalue weighted by atomic mass is 10.1. The van der Waals surface area contributed by atoms with Crippen LogP contribution in [0, 0.1) is 6.92 Å². The van der Waals surface area contributed by atoms with Crippen molar-refractivity contribution in [3.8, 4) is 0 Å². The third-order valence-electron chi connectivity index (χ3n) is 4.03. The van der Waals surface area contributed by atoms with Crippen LogP contribution in [-0.4, -0.2) is 42.3 Å². The maximum absolute atomic E-state index is 12.0. The highest BCUT2D eigenvalue weighted by Gasteiger charge is 2.49. The van der Waals surface area contributed by atoms with Crippen molar-refractivity contribution in [2.24, 2.45) is 4.99 Å². The molecule has 0 aliphatic carbocycles. The Hall–Kier alpha value is -1.34. The lowest BCUT2D eigenvalue weighted by Gasteiger charge is -2.24. The largest absolute Gasteiger partial charge is 0.316 e. The quantitative estimate of drug-likeness (QED) is 0.836. The molecule has 1 aromatic rings. The van der Waals surface area contributed by atoms with Crippen molar-refractivity contribution in [3.63, 3.8) is 0 Å². The second-order valence-corrected chi connectivity index (χ2v) is 9.41. The number of fused-ring (bicyclic) bond motifs is 1. The maximum atomic E-state index is 12.0. The van der Waals surface area contributed by atoms with Gasteiger partial charge in [0.05, 0.1) is 17.5 Å². The van der Waals surface area contributed by atoms with Crippen LogP contribution in [0.15, 0.2) is 29.3 Å². The number of anilines is 1. The van der Waals surface area contributed by atoms with Crippen LogP contribution in [0.1, 0.15) is 25.3 Å². The van der Waals surface area contributed by atoms with E-state index in [0.29, 0.717) is 11.6 Å². The monoisotopic (exact) mass is 352 g/mol. The van der Waals surface area contributed by atoms with Crippen molar-refractivity contribution >= 4 is 38.4 Å². The van der Waals surface area contributed by atoms with Gasteiger partial charge in [-0.3, -0.25) is 4.79 Å². The molecule has 0 radical (unpaired) electrons. The first-order valence-electron chi connectivity index (χ1n) is 7.74. The van der Waals surface area contributed by atoms with Crippen LogP contribution in [0.4, 0.5) is 5.69 Å². The van der Waals surface area contributed by atoms with E-state index in [0.717, 1.165) is 17.7 Å². The molecular weight excluding hydrogens is 332 g/mol. The molecule has 2 aliphatic rings. The van der Waals surface area contributed by atoms with Crippen molar-refractivity contribution in [1.29, 1.82) is 0 Å². The van der Waals surface area contributed by atoms with Crippen molar-refractivity contribution < 1.29 is 13.2 Å². The van der Waals surface area contributed by atoms with E-state index in [-0.39, 0.29) is 28.7 Å². The van der Waals surface area contributed by atoms with Gasteiger partial charge in [0.2, 0.25) is 5.91 Å². The van der Waals surface area contributed by atoms with Gasteiger partial charge < -0.3 is 4.90 Å². The highest BCUT2D eigenvalue weighted by molar-refractivity contribution is 8.16. The van der Waals surface area contributed by atoms with Gasteiger partial charge in [-0.2, -0.15) is 4.99 Å². The third-order valence-corrected chi connectivity index (χ3v) is 7.24. The van der Waals surface area contributed by atoms with Crippen LogP contribution in [0.2, 0.25) is 0 Å². The Labute approximate surface area is 141 Å². The Morgan fingerprint density at radius 1 is 1.39 bits per heavy atom. The molecule has 7 heteroatoms. The fourth-order valence-corrected chi connectivity index (χ4v) is 6.95. The maximum Gasteiger partial charge on any atom is 0.248 e. The van der Waals surface area contributed by atoms with Crippen molar-refractivity contribution in [1.82, 2.24) is 0 Å². The number of aryl methyl sites for hydroxylation is 1. The Kier molecular flexibility index (Phi) is 4.51. The molecular formula is C16H20N2O3S2. The van der Waals surface area contributed by atoms with Gasteiger partial charge in [0.1, 0.15) is 0 Å². The first kappa shape index (κ1) is 16.5. The molecule has 1 aromatic carbocycles. The van der Waals surface area contributed by atoms with E-state index in [1.54, 1.807) is 0 Å². The molecule has 2 atom stereocenters. The number of aliphatic imine (C=N–C) groups is 1. The minimum absolute atomic E-state index is 0.0475. The Balaban J connectivity index is 1.99. The number of carbonyl (C=O) groups is 1. The predicted molar refractivity (Wildman–Crippen MR) is 94.8 cm³/mol. The van der Waals surface area contributed by atoms with Gasteiger partial charge in [0.15, 0.2) is 15.0 Å². The summed E-state index contributed by atoms with van der Waals surface area (Å²) in [5.41, 5.74) is 2.00. The first-order valence-corrected chi connectivity index (χ1v) is 10.4. The summed E-state index contributed by atoms with van der Waals surface area (Å²) in [5, 5.41) is 0.590. The van der Waals surface area contributed by atoms with Crippen LogP contribution in [0.25, 0.3) is 0 Å². The summed E-state index contributed by atoms with van der Waals surface area (Å²) in [5.74, 6) is 0.140. The molecule has 0 aromatic heterocycles. The van der Waals surface area contributed by atoms with E-state index in [1.807, 2.05) is 43.0 Å². The second kappa shape index (κ2) is 6.28. The molecule has 2 aliphatic heterocycles. The van der Waals surface area contributed by atoms with E-state index in [4.69, 9.17) is 0 Å². The number of hydrogen-bond donors (Lipinski definition) is 0. The smallest absolute Gasteiger partial charge is 0.248 e. The number of benzene rings is 1. The highest BCUT2D eigenvalue weighted by Crippen LogP contribution is 2.41. The fraction of sp³-hybridized carbons (Fsp3) is 0.500. The van der Waals surface area contributed by atoms with Crippen LogP contribution < -0.4 is 4.90 Å². The Morgan fingerprint density at radius 3 is 2.87 bits per heavy atom. The molecule has 0 saturated carbocycles. The molecule has 3 rings (SSSR count). The SMILES string of the molecule is CCCC(=O)N=C1SC2CS(=O)(=O)CC2N1c1cccc(C)c1. The number of carbonyl (C=O) groups excluding carboxylic acids is 1. The number of sulfone groups is 1. The zero-order chi connectivity index (χ0) is 16.6. The summed E-state index contributed by atoms with van der Waals surface area (Å²) < 4.78 is 23.9. The summed E-state index contributed by atoms with van der Waals surface area (Å²) in [7, 11) is -3.02. The molecule has 1 amide bonds. The Bertz CT molecular complexity index is 758. The minimum atomic E-state index is -3.02. The van der Waals surface area contributed by atoms with Gasteiger partial charge in [-0.05, 0) is 31.0 Å². The zero-order valence-electron chi connectivity index (χ0n) is 13.2. The molecule has 23 heavy (non-hydrogen) atoms. The lowest BCUT2D eigenvalue weighted by Crippen LogP contribution is -2.37. The molecule has 2 heterocycles. The number of amides is 1. The van der Waals surface area contributed by atoms with Gasteiger partial charge in [0, 0.05) is 17.4 Å². The van der Waals surface area contributed by atoms with Gasteiger partial charge in [-0.1, -0.05) is 30.8 Å². The highest BCUT2D eigenvalue weighted by atomic mass is 32.2. The topological polar surface area (TPSA) is 66.8 Å². The summed E-state index contributed by atoms with van der Waals surface area (Å²) in [4.78, 5) is 18.1. The second-order valence-electron chi connectivity index (χ2n) is 6.05. The number of rotatable bonds is 3. The average Bonchev–Trinajstić information content (AvgIpc) is 2.89. The van der Waals surface area contributed by atoms with Crippen LogP contribution >= 0.6 is 11.8 Å². The van der Waals surface area contributed by atoms with Gasteiger partial charge >= 0.3 is 0 Å². The third kappa shape index (κ3) is 3.45. The molecule has 2 unspecified atom stereocenters. The van der Waals surface area contributed by atoms with Crippen molar-refractivity contribution in [2.45, 2.75) is 38.0 Å². The van der Waals surface area contributed by atoms with Crippen molar-refractivity contribution in [3.05, 3.63) is 29.8 Å². The van der Waals surface area contributed by atoms with E-state index < -0.39 is 9.84 Å². The predicted octanol–water partition coefficient (Wildman–Crippen LogP) is 2.40. The van der Waals surface area contributed by atoms with Gasteiger partial charge in [-0.25, -0.2) is 8.42 Å². The average molecular weight is 352 g/mol. The minimum Gasteiger partial charge on any atom is -0.316 e. The van der Waals surface area contributed by atoms with E-state index in [9.17, 15) is 13.2 Å². The van der Waals surface area contributed by atoms with E-state index in [2.05, 4.69) is 4.99 Å². The number of amidine groups is 1. The molecule has 2 fully saturated rings. The first-order chi connectivity index (χ1) is 10.9. The molecule has 5 nitrogen and oxygen atoms in total. The number of thioether (sulfide) groups is 1. The summed E-state index contributed by atoms with van der Waals surface area (Å²) in [6.45, 7) is 3.94. The molecule has 0 bridgehead atoms. The fourth-order valence-electron chi connectivity index (χ4n) is 3.02. The summed E-state index contributed by atoms with van der Waals surface area (Å²) in [6, 6.07) is 7.75. The van der Waals surface area contributed by atoms with Gasteiger partial charge in [0.25, 0.3) is 0 Å². The van der Waals surface area contributed by atoms with E-state index in [1.165, 1.54) is 11.8 Å². The lowest BCUT2D eigenvalue weighted by molar-refractivity contribution is -0.117. The van der Waals surface area contributed by atoms with E-state index >= 15 is 0 Å². The summed E-state index contributed by atoms with van der Waals surface area (Å²) in [6.07, 6.45) is 1.17. The van der Waals surface area contributed by atoms with Crippen molar-refractivity contribution in [2.75, 3.05) is 16.4 Å². The Morgan fingerprint density at radius 2 is 2.17 bits per heavy atom. The van der Waals surface area contributed by atoms with Crippen LogP contribution in [0.5, 0.6) is 0 Å². The molecule has 0 N–H and O–H groups in total. The van der Waals surface area contributed by atoms with Gasteiger partial charge in [-0.15, -0.1) is 0 Å². The number of nitrogens with zero attached hydrogens (tertiary/aromatic N) is 2. The number of hydrogen-bond acceptors (Lipinski definition) is 4. The van der Waals surface area contributed by atoms with Crippen LogP contribution in [0.3, 0.4) is 0 Å². The standard InChI is InChI=1S/C16H20N2O3S2/c1-3-5-15(19)17-16-18(12-7-4-6-11(2)8-12)13-9-23(20,21)10-14(13)22-16/h4,6-8,13-14H,3,5,9-10H2,1-2H3. The van der Waals surface area contributed by atoms with Crippen LogP contribution in [-0.2, 0) is 14.6 Å².